The first-order valence-electron chi connectivity index (χ1n) is 15.5. The van der Waals surface area contributed by atoms with Gasteiger partial charge in [-0.05, 0) is 49.0 Å². The Balaban J connectivity index is 0.000000188. The first-order valence-corrected chi connectivity index (χ1v) is 26.9. The number of hydrogen-bond acceptors (Lipinski definition) is 18. The van der Waals surface area contributed by atoms with Crippen molar-refractivity contribution < 1.29 is 48.7 Å². The van der Waals surface area contributed by atoms with Crippen LogP contribution in [0.25, 0.3) is 0 Å². The van der Waals surface area contributed by atoms with E-state index in [1.165, 1.54) is 11.1 Å². The number of nitrogens with zero attached hydrogens (tertiary/aromatic N) is 2. The number of carboxylic acids is 4. The largest absolute Gasteiger partial charge is 0.544 e. The van der Waals surface area contributed by atoms with E-state index in [1.807, 2.05) is 39.1 Å². The quantitative estimate of drug-likeness (QED) is 0.220. The number of carbonyl (C=O) groups is 4. The fourth-order valence-corrected chi connectivity index (χ4v) is 19.5. The molecule has 4 aliphatic heterocycles. The molecule has 0 bridgehead atoms. The fourth-order valence-electron chi connectivity index (χ4n) is 4.21. The average molecular weight is 981 g/mol. The van der Waals surface area contributed by atoms with Gasteiger partial charge in [-0.1, -0.05) is 94.1 Å². The maximum Gasteiger partial charge on any atom is 0.343 e. The Morgan fingerprint density at radius 1 is 0.500 bits per heavy atom. The summed E-state index contributed by atoms with van der Waals surface area (Å²) in [6, 6.07) is 8.73. The molecule has 2 N–H and O–H groups in total. The molecule has 6 rings (SSSR count). The summed E-state index contributed by atoms with van der Waals surface area (Å²) in [7, 11) is 4.09. The minimum atomic E-state index is -1.44. The Morgan fingerprint density at radius 3 is 0.964 bits per heavy atom. The van der Waals surface area contributed by atoms with Gasteiger partial charge in [-0.3, -0.25) is 0 Å². The molecule has 2 aromatic heterocycles. The van der Waals surface area contributed by atoms with Crippen molar-refractivity contribution in [1.29, 1.82) is 0 Å². The lowest BCUT2D eigenvalue weighted by Gasteiger charge is -2.03. The molecule has 2 aromatic rings. The third-order valence-electron chi connectivity index (χ3n) is 6.90. The van der Waals surface area contributed by atoms with Crippen LogP contribution in [0.4, 0.5) is 0 Å². The molecule has 0 fully saturated rings. The molecule has 0 aromatic carbocycles. The Bertz CT molecular complexity index is 1840. The van der Waals surface area contributed by atoms with Crippen molar-refractivity contribution in [3.8, 4) is 0 Å². The lowest BCUT2D eigenvalue weighted by Crippen LogP contribution is -2.26. The summed E-state index contributed by atoms with van der Waals surface area (Å²) in [4.78, 5) is 43.4. The molecule has 0 spiro atoms. The van der Waals surface area contributed by atoms with Crippen LogP contribution in [0, 0.1) is 0 Å². The van der Waals surface area contributed by atoms with E-state index in [1.54, 1.807) is 94.1 Å². The molecule has 0 saturated heterocycles. The van der Waals surface area contributed by atoms with E-state index in [9.17, 15) is 29.4 Å². The molecule has 0 radical (unpaired) electrons. The van der Waals surface area contributed by atoms with Gasteiger partial charge in [0, 0.05) is 24.3 Å². The topological polar surface area (TPSA) is 163 Å². The number of aromatic nitrogens is 2. The molecule has 22 heteroatoms. The summed E-state index contributed by atoms with van der Waals surface area (Å²) in [6.45, 7) is 0. The number of carboxylic acid groups (broad SMARTS) is 4. The molecule has 0 atom stereocenters. The van der Waals surface area contributed by atoms with E-state index >= 15 is 0 Å². The second kappa shape index (κ2) is 23.0. The fraction of sp³-hybridized carbons (Fsp3) is 0.235. The van der Waals surface area contributed by atoms with Crippen LogP contribution in [0.5, 0.6) is 0 Å². The predicted molar refractivity (Wildman–Crippen MR) is 245 cm³/mol. The van der Waals surface area contributed by atoms with Crippen molar-refractivity contribution in [3.05, 3.63) is 114 Å². The Morgan fingerprint density at radius 2 is 0.750 bits per heavy atom. The smallest absolute Gasteiger partial charge is 0.343 e. The van der Waals surface area contributed by atoms with Crippen LogP contribution in [-0.4, -0.2) is 59.1 Å². The van der Waals surface area contributed by atoms with Crippen LogP contribution in [0.3, 0.4) is 0 Å². The van der Waals surface area contributed by atoms with Crippen molar-refractivity contribution in [2.75, 3.05) is 25.0 Å². The van der Waals surface area contributed by atoms with Crippen molar-refractivity contribution in [2.24, 2.45) is 14.1 Å². The molecule has 0 amide bonds. The highest BCUT2D eigenvalue weighted by Gasteiger charge is 2.34. The van der Waals surface area contributed by atoms with Crippen LogP contribution in [0.15, 0.2) is 103 Å². The van der Waals surface area contributed by atoms with Gasteiger partial charge in [0.1, 0.15) is 23.9 Å². The zero-order valence-electron chi connectivity index (χ0n) is 30.2. The average Bonchev–Trinajstić information content (AvgIpc) is 3.99. The third-order valence-corrected chi connectivity index (χ3v) is 23.5. The van der Waals surface area contributed by atoms with Crippen LogP contribution in [0.2, 0.25) is 0 Å². The second-order valence-electron chi connectivity index (χ2n) is 10.7. The lowest BCUT2D eigenvalue weighted by molar-refractivity contribution is -0.671. The van der Waals surface area contributed by atoms with E-state index in [4.69, 9.17) is 10.2 Å². The summed E-state index contributed by atoms with van der Waals surface area (Å²) < 4.78 is 12.0. The molecular formula is C34H32N2O8S12. The Kier molecular flexibility index (Phi) is 19.5. The van der Waals surface area contributed by atoms with Crippen LogP contribution >= 0.6 is 141 Å². The monoisotopic (exact) mass is 980 g/mol. The summed E-state index contributed by atoms with van der Waals surface area (Å²) in [5.74, 6) is -5.33. The molecule has 0 aliphatic carbocycles. The predicted octanol–water partition coefficient (Wildman–Crippen LogP) is 7.06. The summed E-state index contributed by atoms with van der Waals surface area (Å²) in [6.07, 6.45) is 18.5. The number of carbonyl (C=O) groups excluding carboxylic acids is 2. The molecule has 0 unspecified atom stereocenters. The van der Waals surface area contributed by atoms with E-state index in [2.05, 4.69) is 58.2 Å². The van der Waals surface area contributed by atoms with Gasteiger partial charge in [0.05, 0.1) is 55.6 Å². The number of thioether (sulfide) groups is 12. The zero-order chi connectivity index (χ0) is 41.1. The highest BCUT2D eigenvalue weighted by atomic mass is 32.3. The standard InChI is InChI=1S/C14H18N2.2C10H8O4S6/c1-15-9-5-13(6-10-15)3-4-14-7-11-16(2)12-8-14;2*1-15-7-8(16-2)20-10(19-7)9-17-3(5(11)12)4(18-9)6(13)14/h5-12H,3-4H2,1-2H3;2*1-2H3,(H,11,12)(H,13,14)/q+2;;/p-2. The van der Waals surface area contributed by atoms with Crippen LogP contribution in [0.1, 0.15) is 11.1 Å². The van der Waals surface area contributed by atoms with Gasteiger partial charge in [-0.15, -0.1) is 47.0 Å². The third kappa shape index (κ3) is 13.2. The van der Waals surface area contributed by atoms with E-state index in [0.717, 1.165) is 85.3 Å². The summed E-state index contributed by atoms with van der Waals surface area (Å²) in [5, 5.41) is 40.1. The molecule has 6 heterocycles. The minimum absolute atomic E-state index is 0.165. The second-order valence-corrected chi connectivity index (χ2v) is 24.2. The maximum atomic E-state index is 11.1. The molecule has 56 heavy (non-hydrogen) atoms. The summed E-state index contributed by atoms with van der Waals surface area (Å²) >= 11 is 16.7. The van der Waals surface area contributed by atoms with Gasteiger partial charge in [-0.25, -0.2) is 18.7 Å². The molecule has 298 valence electrons. The lowest BCUT2D eigenvalue weighted by atomic mass is 10.1. The number of pyridine rings is 2. The van der Waals surface area contributed by atoms with Crippen molar-refractivity contribution >= 4 is 165 Å². The summed E-state index contributed by atoms with van der Waals surface area (Å²) in [5.41, 5.74) is 2.79. The molecule has 4 aliphatic rings. The number of aliphatic carboxylic acids is 4. The normalized spacial score (nSPS) is 16.8. The first kappa shape index (κ1) is 47.5. The van der Waals surface area contributed by atoms with Crippen molar-refractivity contribution in [1.82, 2.24) is 0 Å². The van der Waals surface area contributed by atoms with Gasteiger partial charge >= 0.3 is 11.9 Å². The molecular weight excluding hydrogens is 949 g/mol. The van der Waals surface area contributed by atoms with Crippen LogP contribution < -0.4 is 19.3 Å². The SMILES string of the molecule is CSC1=C(SC)SC(=C2SC(C(=O)[O-])=C(C(=O)O)S2)S1.CSC1=C(SC)SC(=C2SC(C(=O)[O-])=C(C(=O)O)S2)S1.C[n+]1ccc(CCc2cc[n+](C)cc2)cc1. The van der Waals surface area contributed by atoms with E-state index in [0.29, 0.717) is 8.47 Å². The zero-order valence-corrected chi connectivity index (χ0v) is 40.0. The molecule has 0 saturated carbocycles. The highest BCUT2D eigenvalue weighted by Crippen LogP contribution is 2.64. The van der Waals surface area contributed by atoms with E-state index < -0.39 is 23.9 Å². The first-order chi connectivity index (χ1) is 26.7. The maximum absolute atomic E-state index is 11.1. The van der Waals surface area contributed by atoms with Gasteiger partial charge in [0.25, 0.3) is 0 Å². The van der Waals surface area contributed by atoms with Gasteiger partial charge in [0.15, 0.2) is 24.8 Å². The van der Waals surface area contributed by atoms with Gasteiger partial charge in [0.2, 0.25) is 0 Å². The molecule has 10 nitrogen and oxygen atoms in total. The highest BCUT2D eigenvalue weighted by molar-refractivity contribution is 8.43. The number of aryl methyl sites for hydroxylation is 4. The number of rotatable bonds is 11. The van der Waals surface area contributed by atoms with E-state index in [-0.39, 0.29) is 19.6 Å². The Hall–Kier alpha value is -1.18. The van der Waals surface area contributed by atoms with Crippen molar-refractivity contribution in [2.45, 2.75) is 12.8 Å². The Labute approximate surface area is 375 Å². The minimum Gasteiger partial charge on any atom is -0.544 e. The van der Waals surface area contributed by atoms with Gasteiger partial charge in [-0.2, -0.15) is 0 Å². The van der Waals surface area contributed by atoms with Gasteiger partial charge < -0.3 is 30.0 Å². The number of hydrogen-bond donors (Lipinski definition) is 2. The van der Waals surface area contributed by atoms with Crippen molar-refractivity contribution in [3.63, 3.8) is 0 Å². The van der Waals surface area contributed by atoms with Crippen LogP contribution in [-0.2, 0) is 46.1 Å².